The van der Waals surface area contributed by atoms with Crippen LogP contribution in [0.5, 0.6) is 0 Å². The number of benzene rings is 2. The highest BCUT2D eigenvalue weighted by atomic mass is 35.5. The summed E-state index contributed by atoms with van der Waals surface area (Å²) in [6, 6.07) is 10.9. The van der Waals surface area contributed by atoms with E-state index in [-0.39, 0.29) is 16.0 Å². The van der Waals surface area contributed by atoms with Gasteiger partial charge in [0.2, 0.25) is 10.0 Å². The van der Waals surface area contributed by atoms with Gasteiger partial charge in [-0.25, -0.2) is 12.8 Å². The first kappa shape index (κ1) is 16.4. The summed E-state index contributed by atoms with van der Waals surface area (Å²) in [5.41, 5.74) is 1.73. The Balaban J connectivity index is 1.97. The molecule has 1 aliphatic rings. The third-order valence-electron chi connectivity index (χ3n) is 4.16. The third kappa shape index (κ3) is 3.13. The molecule has 1 aliphatic heterocycles. The Morgan fingerprint density at radius 3 is 2.52 bits per heavy atom. The highest BCUT2D eigenvalue weighted by Gasteiger charge is 2.36. The van der Waals surface area contributed by atoms with Crippen molar-refractivity contribution in [1.29, 1.82) is 0 Å². The van der Waals surface area contributed by atoms with E-state index in [1.807, 2.05) is 6.92 Å². The molecule has 1 atom stereocenters. The molecule has 6 heteroatoms. The lowest BCUT2D eigenvalue weighted by molar-refractivity contribution is 0.396. The van der Waals surface area contributed by atoms with Crippen LogP contribution in [-0.4, -0.2) is 19.3 Å². The minimum Gasteiger partial charge on any atom is -0.207 e. The van der Waals surface area contributed by atoms with E-state index in [0.29, 0.717) is 13.0 Å². The lowest BCUT2D eigenvalue weighted by Gasteiger charge is -2.24. The van der Waals surface area contributed by atoms with E-state index in [1.54, 1.807) is 30.3 Å². The topological polar surface area (TPSA) is 37.4 Å². The average molecular weight is 354 g/mol. The Morgan fingerprint density at radius 1 is 1.17 bits per heavy atom. The van der Waals surface area contributed by atoms with Gasteiger partial charge in [-0.3, -0.25) is 0 Å². The van der Waals surface area contributed by atoms with Crippen molar-refractivity contribution in [2.45, 2.75) is 30.7 Å². The first-order chi connectivity index (χ1) is 10.9. The molecule has 0 aromatic heterocycles. The summed E-state index contributed by atoms with van der Waals surface area (Å²) in [5, 5.41) is 0.0158. The highest BCUT2D eigenvalue weighted by Crippen LogP contribution is 2.37. The molecular formula is C17H17ClFNO2S. The summed E-state index contributed by atoms with van der Waals surface area (Å²) < 4.78 is 40.6. The summed E-state index contributed by atoms with van der Waals surface area (Å²) in [4.78, 5) is 0.281. The average Bonchev–Trinajstić information content (AvgIpc) is 3.01. The van der Waals surface area contributed by atoms with Crippen LogP contribution in [0.3, 0.4) is 0 Å². The molecule has 0 unspecified atom stereocenters. The van der Waals surface area contributed by atoms with E-state index in [1.165, 1.54) is 16.4 Å². The lowest BCUT2D eigenvalue weighted by Crippen LogP contribution is -2.30. The van der Waals surface area contributed by atoms with Crippen molar-refractivity contribution in [2.75, 3.05) is 6.54 Å². The predicted octanol–water partition coefficient (Wildman–Crippen LogP) is 4.31. The molecule has 1 saturated heterocycles. The van der Waals surface area contributed by atoms with Crippen LogP contribution in [0.15, 0.2) is 47.4 Å². The Hall–Kier alpha value is -1.43. The molecular weight excluding hydrogens is 337 g/mol. The maximum atomic E-state index is 13.4. The molecule has 0 spiro atoms. The van der Waals surface area contributed by atoms with Crippen LogP contribution < -0.4 is 0 Å². The zero-order chi connectivity index (χ0) is 16.6. The molecule has 23 heavy (non-hydrogen) atoms. The minimum absolute atomic E-state index is 0.0158. The van der Waals surface area contributed by atoms with Crippen LogP contribution in [-0.2, 0) is 10.0 Å². The Kier molecular flexibility index (Phi) is 4.45. The Morgan fingerprint density at radius 2 is 1.87 bits per heavy atom. The normalized spacial score (nSPS) is 19.2. The maximum absolute atomic E-state index is 13.4. The molecule has 3 nitrogen and oxygen atoms in total. The quantitative estimate of drug-likeness (QED) is 0.824. The van der Waals surface area contributed by atoms with Crippen LogP contribution in [0.2, 0.25) is 5.02 Å². The Bertz CT molecular complexity index is 821. The van der Waals surface area contributed by atoms with Crippen LogP contribution in [0.25, 0.3) is 0 Å². The van der Waals surface area contributed by atoms with Gasteiger partial charge in [0.1, 0.15) is 5.82 Å². The second-order valence-corrected chi connectivity index (χ2v) is 8.06. The predicted molar refractivity (Wildman–Crippen MR) is 88.5 cm³/mol. The van der Waals surface area contributed by atoms with Crippen molar-refractivity contribution in [1.82, 2.24) is 4.31 Å². The van der Waals surface area contributed by atoms with Crippen LogP contribution in [0, 0.1) is 12.7 Å². The second-order valence-electron chi connectivity index (χ2n) is 5.76. The van der Waals surface area contributed by atoms with E-state index in [0.717, 1.165) is 17.5 Å². The first-order valence-electron chi connectivity index (χ1n) is 7.43. The van der Waals surface area contributed by atoms with Crippen LogP contribution in [0.4, 0.5) is 4.39 Å². The van der Waals surface area contributed by atoms with Crippen molar-refractivity contribution in [3.8, 4) is 0 Å². The van der Waals surface area contributed by atoms with Gasteiger partial charge < -0.3 is 0 Å². The van der Waals surface area contributed by atoms with E-state index < -0.39 is 15.8 Å². The Labute approximate surface area is 140 Å². The summed E-state index contributed by atoms with van der Waals surface area (Å²) in [6.45, 7) is 2.37. The lowest BCUT2D eigenvalue weighted by atomic mass is 10.1. The van der Waals surface area contributed by atoms with E-state index in [4.69, 9.17) is 11.6 Å². The van der Waals surface area contributed by atoms with Crippen molar-refractivity contribution in [3.05, 3.63) is 64.4 Å². The van der Waals surface area contributed by atoms with E-state index >= 15 is 0 Å². The first-order valence-corrected chi connectivity index (χ1v) is 9.25. The van der Waals surface area contributed by atoms with Gasteiger partial charge in [-0.05, 0) is 49.6 Å². The van der Waals surface area contributed by atoms with Crippen LogP contribution >= 0.6 is 11.6 Å². The molecule has 2 aromatic carbocycles. The summed E-state index contributed by atoms with van der Waals surface area (Å²) in [6.07, 6.45) is 1.47. The SMILES string of the molecule is Cc1ccc(S(=O)(=O)N2CCC[C@H]2c2ccc(F)c(Cl)c2)cc1. The molecule has 0 radical (unpaired) electrons. The number of nitrogens with zero attached hydrogens (tertiary/aromatic N) is 1. The number of hydrogen-bond donors (Lipinski definition) is 0. The van der Waals surface area contributed by atoms with Gasteiger partial charge in [0, 0.05) is 6.54 Å². The molecule has 0 N–H and O–H groups in total. The summed E-state index contributed by atoms with van der Waals surface area (Å²) in [7, 11) is -3.58. The zero-order valence-corrected chi connectivity index (χ0v) is 14.2. The molecule has 122 valence electrons. The minimum atomic E-state index is -3.58. The molecule has 3 rings (SSSR count). The molecule has 2 aromatic rings. The smallest absolute Gasteiger partial charge is 0.207 e. The molecule has 1 fully saturated rings. The fourth-order valence-corrected chi connectivity index (χ4v) is 4.80. The second kappa shape index (κ2) is 6.23. The van der Waals surface area contributed by atoms with Crippen molar-refractivity contribution in [3.63, 3.8) is 0 Å². The summed E-state index contributed by atoms with van der Waals surface area (Å²) in [5.74, 6) is -0.499. The maximum Gasteiger partial charge on any atom is 0.243 e. The molecule has 0 aliphatic carbocycles. The fraction of sp³-hybridized carbons (Fsp3) is 0.294. The molecule has 0 amide bonds. The number of hydrogen-bond acceptors (Lipinski definition) is 2. The van der Waals surface area contributed by atoms with Gasteiger partial charge in [-0.15, -0.1) is 0 Å². The van der Waals surface area contributed by atoms with Crippen LogP contribution in [0.1, 0.15) is 30.0 Å². The number of aryl methyl sites for hydroxylation is 1. The van der Waals surface area contributed by atoms with Crippen molar-refractivity contribution >= 4 is 21.6 Å². The van der Waals surface area contributed by atoms with Crippen molar-refractivity contribution in [2.24, 2.45) is 0 Å². The summed E-state index contributed by atoms with van der Waals surface area (Å²) >= 11 is 5.85. The molecule has 0 saturated carbocycles. The fourth-order valence-electron chi connectivity index (χ4n) is 2.93. The highest BCUT2D eigenvalue weighted by molar-refractivity contribution is 7.89. The monoisotopic (exact) mass is 353 g/mol. The largest absolute Gasteiger partial charge is 0.243 e. The van der Waals surface area contributed by atoms with Gasteiger partial charge in [-0.2, -0.15) is 4.31 Å². The van der Waals surface area contributed by atoms with Crippen molar-refractivity contribution < 1.29 is 12.8 Å². The van der Waals surface area contributed by atoms with Gasteiger partial charge in [0.15, 0.2) is 0 Å². The molecule has 0 bridgehead atoms. The van der Waals surface area contributed by atoms with E-state index in [9.17, 15) is 12.8 Å². The van der Waals surface area contributed by atoms with Gasteiger partial charge in [0.25, 0.3) is 0 Å². The standard InChI is InChI=1S/C17H17ClFNO2S/c1-12-4-7-14(8-5-12)23(21,22)20-10-2-3-17(20)13-6-9-16(19)15(18)11-13/h4-9,11,17H,2-3,10H2,1H3/t17-/m0/s1. The number of halogens is 2. The number of rotatable bonds is 3. The van der Waals surface area contributed by atoms with Gasteiger partial charge >= 0.3 is 0 Å². The zero-order valence-electron chi connectivity index (χ0n) is 12.7. The molecule has 1 heterocycles. The third-order valence-corrected chi connectivity index (χ3v) is 6.37. The number of sulfonamides is 1. The van der Waals surface area contributed by atoms with Gasteiger partial charge in [0.05, 0.1) is 16.0 Å². The van der Waals surface area contributed by atoms with E-state index in [2.05, 4.69) is 0 Å². The van der Waals surface area contributed by atoms with Gasteiger partial charge in [-0.1, -0.05) is 35.4 Å².